The van der Waals surface area contributed by atoms with E-state index in [1.807, 2.05) is 0 Å². The molecule has 0 spiro atoms. The van der Waals surface area contributed by atoms with E-state index in [2.05, 4.69) is 21.2 Å². The molecule has 0 atom stereocenters. The van der Waals surface area contributed by atoms with Crippen molar-refractivity contribution in [1.29, 1.82) is 0 Å². The van der Waals surface area contributed by atoms with Gasteiger partial charge in [0.05, 0.1) is 5.02 Å². The molecule has 0 saturated heterocycles. The zero-order valence-electron chi connectivity index (χ0n) is 8.80. The van der Waals surface area contributed by atoms with Crippen molar-refractivity contribution in [3.8, 4) is 0 Å². The molecule has 1 amide bonds. The number of nitrogens with one attached hydrogen (secondary N) is 1. The Bertz CT molecular complexity index is 371. The van der Waals surface area contributed by atoms with E-state index in [1.165, 1.54) is 0 Å². The molecule has 0 radical (unpaired) electrons. The normalized spacial score (nSPS) is 10.2. The van der Waals surface area contributed by atoms with Crippen molar-refractivity contribution < 1.29 is 4.79 Å². The fourth-order valence-electron chi connectivity index (χ4n) is 1.21. The molecule has 1 aromatic rings. The molecule has 0 unspecified atom stereocenters. The molecule has 1 aromatic carbocycles. The highest BCUT2D eigenvalue weighted by molar-refractivity contribution is 9.10. The smallest absolute Gasteiger partial charge is 0.251 e. The summed E-state index contributed by atoms with van der Waals surface area (Å²) in [5, 5.41) is 3.42. The van der Waals surface area contributed by atoms with E-state index in [0.29, 0.717) is 23.7 Å². The number of carbonyl (C=O) groups is 1. The van der Waals surface area contributed by atoms with Crippen LogP contribution in [-0.2, 0) is 0 Å². The van der Waals surface area contributed by atoms with Gasteiger partial charge in [-0.2, -0.15) is 0 Å². The summed E-state index contributed by atoms with van der Waals surface area (Å²) in [5.74, 6) is -0.0885. The highest BCUT2D eigenvalue weighted by Crippen LogP contribution is 2.23. The summed E-state index contributed by atoms with van der Waals surface area (Å²) in [6.07, 6.45) is 1.82. The van der Waals surface area contributed by atoms with Crippen LogP contribution in [0.2, 0.25) is 5.02 Å². The lowest BCUT2D eigenvalue weighted by Crippen LogP contribution is -2.24. The number of rotatable bonds is 5. The Hall–Kier alpha value is -0.580. The number of hydrogen-bond acceptors (Lipinski definition) is 2. The third kappa shape index (κ3) is 4.12. The molecule has 0 aliphatic carbocycles. The van der Waals surface area contributed by atoms with Gasteiger partial charge in [-0.25, -0.2) is 0 Å². The van der Waals surface area contributed by atoms with Crippen LogP contribution in [0.4, 0.5) is 0 Å². The Morgan fingerprint density at radius 3 is 2.81 bits per heavy atom. The van der Waals surface area contributed by atoms with Crippen molar-refractivity contribution in [2.24, 2.45) is 5.73 Å². The third-order valence-electron chi connectivity index (χ3n) is 2.10. The van der Waals surface area contributed by atoms with Gasteiger partial charge in [0.15, 0.2) is 0 Å². The molecule has 0 aliphatic heterocycles. The first-order chi connectivity index (χ1) is 7.65. The van der Waals surface area contributed by atoms with Gasteiger partial charge in [0.25, 0.3) is 5.91 Å². The maximum atomic E-state index is 11.7. The van der Waals surface area contributed by atoms with Gasteiger partial charge in [-0.05, 0) is 53.5 Å². The van der Waals surface area contributed by atoms with Gasteiger partial charge in [-0.1, -0.05) is 11.6 Å². The second-order valence-corrected chi connectivity index (χ2v) is 4.64. The van der Waals surface area contributed by atoms with E-state index < -0.39 is 0 Å². The largest absolute Gasteiger partial charge is 0.352 e. The molecule has 0 fully saturated rings. The van der Waals surface area contributed by atoms with E-state index in [9.17, 15) is 4.79 Å². The van der Waals surface area contributed by atoms with Crippen LogP contribution in [0.3, 0.4) is 0 Å². The summed E-state index contributed by atoms with van der Waals surface area (Å²) in [6, 6.07) is 5.10. The molecule has 3 N–H and O–H groups in total. The lowest BCUT2D eigenvalue weighted by atomic mass is 10.2. The van der Waals surface area contributed by atoms with E-state index in [0.717, 1.165) is 17.3 Å². The average molecular weight is 306 g/mol. The number of hydrogen-bond donors (Lipinski definition) is 2. The number of carbonyl (C=O) groups excluding carboxylic acids is 1. The maximum Gasteiger partial charge on any atom is 0.251 e. The summed E-state index contributed by atoms with van der Waals surface area (Å²) >= 11 is 9.12. The second kappa shape index (κ2) is 6.89. The number of unbranched alkanes of at least 4 members (excludes halogenated alkanes) is 1. The molecule has 0 bridgehead atoms. The van der Waals surface area contributed by atoms with Crippen molar-refractivity contribution in [2.75, 3.05) is 13.1 Å². The average Bonchev–Trinajstić information content (AvgIpc) is 2.28. The molecule has 1 rings (SSSR count). The second-order valence-electron chi connectivity index (χ2n) is 3.38. The molecule has 0 saturated carbocycles. The summed E-state index contributed by atoms with van der Waals surface area (Å²) in [4.78, 5) is 11.7. The highest BCUT2D eigenvalue weighted by atomic mass is 79.9. The Morgan fingerprint density at radius 2 is 2.19 bits per heavy atom. The van der Waals surface area contributed by atoms with Gasteiger partial charge in [0.1, 0.15) is 0 Å². The van der Waals surface area contributed by atoms with E-state index in [-0.39, 0.29) is 5.91 Å². The number of nitrogens with two attached hydrogens (primary N) is 1. The van der Waals surface area contributed by atoms with Crippen molar-refractivity contribution >= 4 is 33.4 Å². The highest BCUT2D eigenvalue weighted by Gasteiger charge is 2.06. The van der Waals surface area contributed by atoms with Crippen molar-refractivity contribution in [3.63, 3.8) is 0 Å². The van der Waals surface area contributed by atoms with Gasteiger partial charge in [0.2, 0.25) is 0 Å². The quantitative estimate of drug-likeness (QED) is 0.822. The zero-order chi connectivity index (χ0) is 12.0. The Morgan fingerprint density at radius 1 is 1.44 bits per heavy atom. The first kappa shape index (κ1) is 13.5. The van der Waals surface area contributed by atoms with Crippen LogP contribution in [0, 0.1) is 0 Å². The van der Waals surface area contributed by atoms with Crippen LogP contribution in [0.15, 0.2) is 22.7 Å². The van der Waals surface area contributed by atoms with Gasteiger partial charge < -0.3 is 11.1 Å². The standard InChI is InChI=1S/C11H14BrClN2O/c12-9-7-8(3-4-10(9)13)11(16)15-6-2-1-5-14/h3-4,7H,1-2,5-6,14H2,(H,15,16). The van der Waals surface area contributed by atoms with Gasteiger partial charge in [-0.3, -0.25) is 4.79 Å². The molecule has 0 aliphatic rings. The molecule has 0 aromatic heterocycles. The fraction of sp³-hybridized carbons (Fsp3) is 0.364. The molecule has 5 heteroatoms. The summed E-state index contributed by atoms with van der Waals surface area (Å²) in [7, 11) is 0. The first-order valence-corrected chi connectivity index (χ1v) is 6.25. The van der Waals surface area contributed by atoms with Crippen molar-refractivity contribution in [2.45, 2.75) is 12.8 Å². The molecule has 88 valence electrons. The summed E-state index contributed by atoms with van der Waals surface area (Å²) < 4.78 is 0.726. The summed E-state index contributed by atoms with van der Waals surface area (Å²) in [6.45, 7) is 1.30. The molecule has 3 nitrogen and oxygen atoms in total. The van der Waals surface area contributed by atoms with Crippen molar-refractivity contribution in [3.05, 3.63) is 33.3 Å². The third-order valence-corrected chi connectivity index (χ3v) is 3.31. The Kier molecular flexibility index (Phi) is 5.80. The van der Waals surface area contributed by atoms with Gasteiger partial charge in [0, 0.05) is 16.6 Å². The number of amides is 1. The SMILES string of the molecule is NCCCCNC(=O)c1ccc(Cl)c(Br)c1. The predicted octanol–water partition coefficient (Wildman–Crippen LogP) is 2.57. The fourth-order valence-corrected chi connectivity index (χ4v) is 1.71. The molecule has 0 heterocycles. The van der Waals surface area contributed by atoms with Crippen LogP contribution >= 0.6 is 27.5 Å². The van der Waals surface area contributed by atoms with Crippen LogP contribution in [0.5, 0.6) is 0 Å². The van der Waals surface area contributed by atoms with Crippen LogP contribution in [-0.4, -0.2) is 19.0 Å². The first-order valence-electron chi connectivity index (χ1n) is 5.08. The molecular weight excluding hydrogens is 291 g/mol. The topological polar surface area (TPSA) is 55.1 Å². The minimum atomic E-state index is -0.0885. The van der Waals surface area contributed by atoms with Gasteiger partial charge >= 0.3 is 0 Å². The minimum Gasteiger partial charge on any atom is -0.352 e. The number of halogens is 2. The lowest BCUT2D eigenvalue weighted by molar-refractivity contribution is 0.0953. The predicted molar refractivity (Wildman–Crippen MR) is 69.8 cm³/mol. The van der Waals surface area contributed by atoms with Crippen LogP contribution < -0.4 is 11.1 Å². The van der Waals surface area contributed by atoms with Crippen LogP contribution in [0.1, 0.15) is 23.2 Å². The minimum absolute atomic E-state index is 0.0885. The van der Waals surface area contributed by atoms with Crippen LogP contribution in [0.25, 0.3) is 0 Å². The zero-order valence-corrected chi connectivity index (χ0v) is 11.1. The summed E-state index contributed by atoms with van der Waals surface area (Å²) in [5.41, 5.74) is 5.96. The lowest BCUT2D eigenvalue weighted by Gasteiger charge is -2.05. The monoisotopic (exact) mass is 304 g/mol. The Balaban J connectivity index is 2.50. The number of benzene rings is 1. The van der Waals surface area contributed by atoms with E-state index in [4.69, 9.17) is 17.3 Å². The van der Waals surface area contributed by atoms with Gasteiger partial charge in [-0.15, -0.1) is 0 Å². The van der Waals surface area contributed by atoms with Crippen molar-refractivity contribution in [1.82, 2.24) is 5.32 Å². The molecular formula is C11H14BrClN2O. The van der Waals surface area contributed by atoms with E-state index in [1.54, 1.807) is 18.2 Å². The van der Waals surface area contributed by atoms with E-state index >= 15 is 0 Å². The maximum absolute atomic E-state index is 11.7. The Labute approximate surface area is 108 Å². The molecule has 16 heavy (non-hydrogen) atoms.